The average molecular weight is 347 g/mol. The van der Waals surface area contributed by atoms with Crippen LogP contribution in [0.4, 0.5) is 0 Å². The highest BCUT2D eigenvalue weighted by Crippen LogP contribution is 2.29. The Balaban J connectivity index is 1.39. The number of likely N-dealkylation sites (tertiary alicyclic amines) is 1. The molecule has 3 aromatic rings. The molecule has 1 aliphatic rings. The summed E-state index contributed by atoms with van der Waals surface area (Å²) >= 11 is 0. The van der Waals surface area contributed by atoms with E-state index in [0.717, 1.165) is 37.2 Å². The zero-order valence-corrected chi connectivity index (χ0v) is 14.5. The van der Waals surface area contributed by atoms with Crippen LogP contribution < -0.4 is 0 Å². The summed E-state index contributed by atoms with van der Waals surface area (Å²) < 4.78 is 1.91. The molecule has 0 aliphatic carbocycles. The third-order valence-electron chi connectivity index (χ3n) is 5.06. The normalized spacial score (nSPS) is 15.2. The van der Waals surface area contributed by atoms with E-state index in [-0.39, 0.29) is 5.91 Å². The Kier molecular flexibility index (Phi) is 4.44. The van der Waals surface area contributed by atoms with Gasteiger partial charge in [0.2, 0.25) is 0 Å². The SMILES string of the molecule is O=C(c1ccc(-n2ccnc2)cc1)N1CCC(c2ccc(O)cc2)CC1. The molecule has 2 aromatic carbocycles. The summed E-state index contributed by atoms with van der Waals surface area (Å²) in [6.07, 6.45) is 7.25. The summed E-state index contributed by atoms with van der Waals surface area (Å²) in [6.45, 7) is 1.52. The molecule has 2 heterocycles. The van der Waals surface area contributed by atoms with Crippen molar-refractivity contribution in [2.24, 2.45) is 0 Å². The van der Waals surface area contributed by atoms with Crippen molar-refractivity contribution in [3.8, 4) is 11.4 Å². The number of hydrogen-bond acceptors (Lipinski definition) is 3. The first kappa shape index (κ1) is 16.4. The predicted octanol–water partition coefficient (Wildman–Crippen LogP) is 3.60. The van der Waals surface area contributed by atoms with E-state index in [1.807, 2.05) is 52.1 Å². The highest BCUT2D eigenvalue weighted by molar-refractivity contribution is 5.94. The van der Waals surface area contributed by atoms with Crippen molar-refractivity contribution >= 4 is 5.91 Å². The fourth-order valence-electron chi connectivity index (χ4n) is 3.53. The quantitative estimate of drug-likeness (QED) is 0.787. The van der Waals surface area contributed by atoms with Crippen molar-refractivity contribution in [1.82, 2.24) is 14.5 Å². The Morgan fingerprint density at radius 2 is 1.69 bits per heavy atom. The molecular formula is C21H21N3O2. The maximum atomic E-state index is 12.8. The van der Waals surface area contributed by atoms with Crippen molar-refractivity contribution in [3.05, 3.63) is 78.4 Å². The summed E-state index contributed by atoms with van der Waals surface area (Å²) in [7, 11) is 0. The lowest BCUT2D eigenvalue weighted by atomic mass is 9.89. The first-order valence-corrected chi connectivity index (χ1v) is 8.87. The van der Waals surface area contributed by atoms with Gasteiger partial charge in [-0.3, -0.25) is 4.79 Å². The zero-order chi connectivity index (χ0) is 17.9. The van der Waals surface area contributed by atoms with Crippen LogP contribution in [0.15, 0.2) is 67.3 Å². The van der Waals surface area contributed by atoms with Gasteiger partial charge in [0.25, 0.3) is 5.91 Å². The molecule has 0 radical (unpaired) electrons. The van der Waals surface area contributed by atoms with Gasteiger partial charge in [-0.15, -0.1) is 0 Å². The minimum atomic E-state index is 0.0892. The Hall–Kier alpha value is -3.08. The molecule has 0 saturated carbocycles. The highest BCUT2D eigenvalue weighted by atomic mass is 16.3. The van der Waals surface area contributed by atoms with Gasteiger partial charge in [0.05, 0.1) is 6.33 Å². The van der Waals surface area contributed by atoms with Crippen molar-refractivity contribution in [2.75, 3.05) is 13.1 Å². The van der Waals surface area contributed by atoms with Gasteiger partial charge in [-0.05, 0) is 60.7 Å². The lowest BCUT2D eigenvalue weighted by molar-refractivity contribution is 0.0713. The van der Waals surface area contributed by atoms with Crippen LogP contribution in [0.3, 0.4) is 0 Å². The van der Waals surface area contributed by atoms with Crippen LogP contribution >= 0.6 is 0 Å². The Morgan fingerprint density at radius 3 is 2.31 bits per heavy atom. The standard InChI is InChI=1S/C21H21N3O2/c25-20-7-3-16(4-8-20)17-9-12-23(13-10-17)21(26)18-1-5-19(6-2-18)24-14-11-22-15-24/h1-8,11,14-15,17,25H,9-10,12-13H2. The zero-order valence-electron chi connectivity index (χ0n) is 14.5. The number of phenols is 1. The second-order valence-corrected chi connectivity index (χ2v) is 6.67. The molecule has 4 rings (SSSR count). The summed E-state index contributed by atoms with van der Waals surface area (Å²) in [4.78, 5) is 18.7. The van der Waals surface area contributed by atoms with E-state index in [1.54, 1.807) is 24.7 Å². The maximum Gasteiger partial charge on any atom is 0.253 e. The smallest absolute Gasteiger partial charge is 0.253 e. The number of benzene rings is 2. The molecule has 5 heteroatoms. The minimum absolute atomic E-state index is 0.0892. The second kappa shape index (κ2) is 7.04. The van der Waals surface area contributed by atoms with Crippen LogP contribution in [-0.2, 0) is 0 Å². The van der Waals surface area contributed by atoms with E-state index in [4.69, 9.17) is 0 Å². The number of aromatic hydroxyl groups is 1. The van der Waals surface area contributed by atoms with Crippen molar-refractivity contribution in [3.63, 3.8) is 0 Å². The van der Waals surface area contributed by atoms with Crippen molar-refractivity contribution < 1.29 is 9.90 Å². The number of aromatic nitrogens is 2. The lowest BCUT2D eigenvalue weighted by Gasteiger charge is -2.32. The van der Waals surface area contributed by atoms with E-state index >= 15 is 0 Å². The van der Waals surface area contributed by atoms with Crippen LogP contribution in [0.5, 0.6) is 5.75 Å². The molecule has 0 unspecified atom stereocenters. The summed E-state index contributed by atoms with van der Waals surface area (Å²) in [5.74, 6) is 0.829. The number of nitrogens with zero attached hydrogens (tertiary/aromatic N) is 3. The first-order valence-electron chi connectivity index (χ1n) is 8.87. The van der Waals surface area contributed by atoms with E-state index in [0.29, 0.717) is 11.7 Å². The third kappa shape index (κ3) is 3.33. The predicted molar refractivity (Wildman–Crippen MR) is 99.5 cm³/mol. The Morgan fingerprint density at radius 1 is 1.00 bits per heavy atom. The molecule has 0 bridgehead atoms. The van der Waals surface area contributed by atoms with Gasteiger partial charge >= 0.3 is 0 Å². The van der Waals surface area contributed by atoms with Crippen molar-refractivity contribution in [1.29, 1.82) is 0 Å². The number of carbonyl (C=O) groups is 1. The topological polar surface area (TPSA) is 58.4 Å². The maximum absolute atomic E-state index is 12.8. The number of amides is 1. The molecule has 1 fully saturated rings. The van der Waals surface area contributed by atoms with E-state index in [2.05, 4.69) is 4.98 Å². The molecule has 132 valence electrons. The van der Waals surface area contributed by atoms with Gasteiger partial charge in [-0.2, -0.15) is 0 Å². The number of piperidine rings is 1. The molecule has 1 aliphatic heterocycles. The summed E-state index contributed by atoms with van der Waals surface area (Å²) in [6, 6.07) is 15.1. The van der Waals surface area contributed by atoms with Gasteiger partial charge in [0, 0.05) is 36.7 Å². The monoisotopic (exact) mass is 347 g/mol. The van der Waals surface area contributed by atoms with Crippen molar-refractivity contribution in [2.45, 2.75) is 18.8 Å². The molecule has 1 N–H and O–H groups in total. The molecule has 1 amide bonds. The molecule has 26 heavy (non-hydrogen) atoms. The summed E-state index contributed by atoms with van der Waals surface area (Å²) in [5, 5.41) is 9.42. The van der Waals surface area contributed by atoms with Gasteiger partial charge in [0.1, 0.15) is 5.75 Å². The van der Waals surface area contributed by atoms with Gasteiger partial charge < -0.3 is 14.6 Å². The van der Waals surface area contributed by atoms with Gasteiger partial charge in [-0.1, -0.05) is 12.1 Å². The highest BCUT2D eigenvalue weighted by Gasteiger charge is 2.24. The number of carbonyl (C=O) groups excluding carboxylic acids is 1. The average Bonchev–Trinajstić information content (AvgIpc) is 3.23. The van der Waals surface area contributed by atoms with Gasteiger partial charge in [0.15, 0.2) is 0 Å². The fraction of sp³-hybridized carbons (Fsp3) is 0.238. The van der Waals surface area contributed by atoms with Gasteiger partial charge in [-0.25, -0.2) is 4.98 Å². The molecule has 0 atom stereocenters. The van der Waals surface area contributed by atoms with Crippen LogP contribution in [0.2, 0.25) is 0 Å². The molecule has 1 saturated heterocycles. The fourth-order valence-corrected chi connectivity index (χ4v) is 3.53. The molecular weight excluding hydrogens is 326 g/mol. The van der Waals surface area contributed by atoms with Crippen LogP contribution in [0.1, 0.15) is 34.7 Å². The molecule has 0 spiro atoms. The number of rotatable bonds is 3. The number of imidazole rings is 1. The van der Waals surface area contributed by atoms with Crippen LogP contribution in [-0.4, -0.2) is 38.6 Å². The van der Waals surface area contributed by atoms with E-state index < -0.39 is 0 Å². The first-order chi connectivity index (χ1) is 12.7. The largest absolute Gasteiger partial charge is 0.508 e. The van der Waals surface area contributed by atoms with E-state index in [9.17, 15) is 9.90 Å². The molecule has 5 nitrogen and oxygen atoms in total. The van der Waals surface area contributed by atoms with E-state index in [1.165, 1.54) is 5.56 Å². The Labute approximate surface area is 152 Å². The third-order valence-corrected chi connectivity index (χ3v) is 5.06. The number of hydrogen-bond donors (Lipinski definition) is 1. The van der Waals surface area contributed by atoms with Crippen LogP contribution in [0, 0.1) is 0 Å². The lowest BCUT2D eigenvalue weighted by Crippen LogP contribution is -2.37. The van der Waals surface area contributed by atoms with Crippen LogP contribution in [0.25, 0.3) is 5.69 Å². The second-order valence-electron chi connectivity index (χ2n) is 6.67. The Bertz CT molecular complexity index is 863. The number of phenolic OH excluding ortho intramolecular Hbond substituents is 1. The summed E-state index contributed by atoms with van der Waals surface area (Å²) in [5.41, 5.74) is 2.95. The molecule has 1 aromatic heterocycles. The minimum Gasteiger partial charge on any atom is -0.508 e.